The van der Waals surface area contributed by atoms with Crippen molar-refractivity contribution in [1.82, 2.24) is 10.3 Å². The largest absolute Gasteiger partial charge is 0.443 e. The molecule has 0 saturated carbocycles. The first-order valence-corrected chi connectivity index (χ1v) is 6.97. The van der Waals surface area contributed by atoms with E-state index in [2.05, 4.69) is 77.9 Å². The van der Waals surface area contributed by atoms with E-state index >= 15 is 0 Å². The van der Waals surface area contributed by atoms with Crippen LogP contribution in [0.2, 0.25) is 0 Å². The molecule has 0 spiro atoms. The summed E-state index contributed by atoms with van der Waals surface area (Å²) in [6.07, 6.45) is 1.51. The summed E-state index contributed by atoms with van der Waals surface area (Å²) in [6.45, 7) is 7.12. The molecule has 4 heteroatoms. The molecule has 1 aromatic heterocycles. The van der Waals surface area contributed by atoms with Crippen LogP contribution in [-0.2, 0) is 6.54 Å². The molecule has 96 valence electrons. The number of benzene rings is 1. The van der Waals surface area contributed by atoms with E-state index in [-0.39, 0.29) is 5.54 Å². The van der Waals surface area contributed by atoms with Crippen molar-refractivity contribution in [2.24, 2.45) is 0 Å². The molecule has 2 rings (SSSR count). The monoisotopic (exact) mass is 356 g/mol. The Morgan fingerprint density at radius 2 is 1.89 bits per heavy atom. The first-order chi connectivity index (χ1) is 8.46. The van der Waals surface area contributed by atoms with Gasteiger partial charge in [-0.2, -0.15) is 0 Å². The molecule has 3 nitrogen and oxygen atoms in total. The van der Waals surface area contributed by atoms with Crippen LogP contribution >= 0.6 is 22.6 Å². The summed E-state index contributed by atoms with van der Waals surface area (Å²) < 4.78 is 6.72. The maximum Gasteiger partial charge on any atom is 0.181 e. The minimum absolute atomic E-state index is 0.0717. The summed E-state index contributed by atoms with van der Waals surface area (Å²) in [5.41, 5.74) is 2.09. The van der Waals surface area contributed by atoms with Gasteiger partial charge in [0.15, 0.2) is 12.2 Å². The van der Waals surface area contributed by atoms with Crippen LogP contribution in [0.15, 0.2) is 35.1 Å². The topological polar surface area (TPSA) is 38.1 Å². The molecule has 0 aliphatic heterocycles. The normalized spacial score (nSPS) is 11.8. The zero-order valence-electron chi connectivity index (χ0n) is 10.8. The van der Waals surface area contributed by atoms with Gasteiger partial charge in [-0.1, -0.05) is 12.1 Å². The number of hydrogen-bond donors (Lipinski definition) is 1. The van der Waals surface area contributed by atoms with Crippen molar-refractivity contribution in [3.8, 4) is 11.3 Å². The van der Waals surface area contributed by atoms with Crippen molar-refractivity contribution in [3.05, 3.63) is 39.9 Å². The zero-order valence-corrected chi connectivity index (χ0v) is 13.0. The lowest BCUT2D eigenvalue weighted by Crippen LogP contribution is -2.35. The summed E-state index contributed by atoms with van der Waals surface area (Å²) >= 11 is 2.29. The Hall–Kier alpha value is -0.880. The second-order valence-corrected chi connectivity index (χ2v) is 6.48. The van der Waals surface area contributed by atoms with Crippen molar-refractivity contribution in [2.75, 3.05) is 0 Å². The van der Waals surface area contributed by atoms with Crippen LogP contribution in [0.4, 0.5) is 0 Å². The summed E-state index contributed by atoms with van der Waals surface area (Å²) in [5.74, 6) is 0.850. The lowest BCUT2D eigenvalue weighted by atomic mass is 10.1. The van der Waals surface area contributed by atoms with E-state index in [1.807, 2.05) is 0 Å². The number of rotatable bonds is 3. The Kier molecular flexibility index (Phi) is 4.07. The van der Waals surface area contributed by atoms with Crippen molar-refractivity contribution in [2.45, 2.75) is 32.9 Å². The number of oxazole rings is 1. The zero-order chi connectivity index (χ0) is 13.2. The maximum atomic E-state index is 5.50. The van der Waals surface area contributed by atoms with E-state index in [9.17, 15) is 0 Å². The van der Waals surface area contributed by atoms with Crippen molar-refractivity contribution < 1.29 is 4.42 Å². The van der Waals surface area contributed by atoms with E-state index < -0.39 is 0 Å². The van der Waals surface area contributed by atoms with Crippen molar-refractivity contribution in [1.29, 1.82) is 0 Å². The molecule has 0 saturated heterocycles. The molecule has 0 aliphatic carbocycles. The third-order valence-electron chi connectivity index (χ3n) is 2.53. The molecule has 0 atom stereocenters. The maximum absolute atomic E-state index is 5.50. The summed E-state index contributed by atoms with van der Waals surface area (Å²) in [5, 5.41) is 3.42. The van der Waals surface area contributed by atoms with E-state index in [1.54, 1.807) is 0 Å². The lowest BCUT2D eigenvalue weighted by molar-refractivity contribution is 0.421. The van der Waals surface area contributed by atoms with E-state index in [1.165, 1.54) is 9.96 Å². The fraction of sp³-hybridized carbons (Fsp3) is 0.357. The molecule has 0 amide bonds. The van der Waals surface area contributed by atoms with Crippen LogP contribution in [0.3, 0.4) is 0 Å². The van der Waals surface area contributed by atoms with Gasteiger partial charge in [0.05, 0.1) is 0 Å². The molecule has 1 N–H and O–H groups in total. The van der Waals surface area contributed by atoms with Gasteiger partial charge in [0, 0.05) is 21.2 Å². The highest BCUT2D eigenvalue weighted by atomic mass is 127. The number of nitrogens with one attached hydrogen (secondary N) is 1. The van der Waals surface area contributed by atoms with E-state index in [0.29, 0.717) is 6.54 Å². The highest BCUT2D eigenvalue weighted by molar-refractivity contribution is 14.1. The lowest BCUT2D eigenvalue weighted by Gasteiger charge is -2.19. The molecular formula is C14H17IN2O. The van der Waals surface area contributed by atoms with E-state index in [4.69, 9.17) is 4.42 Å². The quantitative estimate of drug-likeness (QED) is 0.850. The first-order valence-electron chi connectivity index (χ1n) is 5.89. The second-order valence-electron chi connectivity index (χ2n) is 5.24. The summed E-state index contributed by atoms with van der Waals surface area (Å²) in [4.78, 5) is 4.29. The van der Waals surface area contributed by atoms with Gasteiger partial charge in [0.25, 0.3) is 0 Å². The molecule has 0 aliphatic rings. The predicted octanol–water partition coefficient (Wildman–Crippen LogP) is 3.83. The molecule has 2 aromatic rings. The first kappa shape index (κ1) is 13.5. The minimum atomic E-state index is 0.0717. The number of halogens is 1. The fourth-order valence-electron chi connectivity index (χ4n) is 1.58. The standard InChI is InChI=1S/C14H17IN2O/c1-14(2,3)17-8-12-13(18-9-16-12)10-4-6-11(15)7-5-10/h4-7,9,17H,8H2,1-3H3. The Labute approximate surface area is 121 Å². The third-order valence-corrected chi connectivity index (χ3v) is 3.25. The molecule has 0 unspecified atom stereocenters. The van der Waals surface area contributed by atoms with Gasteiger partial charge in [-0.05, 0) is 55.5 Å². The van der Waals surface area contributed by atoms with E-state index in [0.717, 1.165) is 17.0 Å². The number of aromatic nitrogens is 1. The smallest absolute Gasteiger partial charge is 0.181 e. The number of nitrogens with zero attached hydrogens (tertiary/aromatic N) is 1. The highest BCUT2D eigenvalue weighted by Crippen LogP contribution is 2.24. The molecule has 1 heterocycles. The Morgan fingerprint density at radius 3 is 2.50 bits per heavy atom. The van der Waals surface area contributed by atoms with Crippen LogP contribution in [0.1, 0.15) is 26.5 Å². The molecular weight excluding hydrogens is 339 g/mol. The Balaban J connectivity index is 2.20. The Bertz CT molecular complexity index is 511. The molecule has 1 aromatic carbocycles. The number of hydrogen-bond acceptors (Lipinski definition) is 3. The highest BCUT2D eigenvalue weighted by Gasteiger charge is 2.14. The van der Waals surface area contributed by atoms with Crippen LogP contribution in [0.5, 0.6) is 0 Å². The summed E-state index contributed by atoms with van der Waals surface area (Å²) in [6, 6.07) is 8.25. The predicted molar refractivity (Wildman–Crippen MR) is 81.2 cm³/mol. The average Bonchev–Trinajstić information content (AvgIpc) is 2.75. The molecule has 18 heavy (non-hydrogen) atoms. The Morgan fingerprint density at radius 1 is 1.22 bits per heavy atom. The fourth-order valence-corrected chi connectivity index (χ4v) is 1.94. The molecule has 0 bridgehead atoms. The van der Waals surface area contributed by atoms with Gasteiger partial charge in [0.1, 0.15) is 5.69 Å². The van der Waals surface area contributed by atoms with Gasteiger partial charge in [0.2, 0.25) is 0 Å². The van der Waals surface area contributed by atoms with Crippen LogP contribution in [-0.4, -0.2) is 10.5 Å². The van der Waals surface area contributed by atoms with Crippen LogP contribution in [0, 0.1) is 3.57 Å². The van der Waals surface area contributed by atoms with Crippen molar-refractivity contribution in [3.63, 3.8) is 0 Å². The van der Waals surface area contributed by atoms with Gasteiger partial charge in [-0.3, -0.25) is 0 Å². The van der Waals surface area contributed by atoms with Crippen LogP contribution < -0.4 is 5.32 Å². The van der Waals surface area contributed by atoms with Gasteiger partial charge in [-0.15, -0.1) is 0 Å². The average molecular weight is 356 g/mol. The third kappa shape index (κ3) is 3.55. The van der Waals surface area contributed by atoms with Crippen molar-refractivity contribution >= 4 is 22.6 Å². The minimum Gasteiger partial charge on any atom is -0.443 e. The SMILES string of the molecule is CC(C)(C)NCc1ncoc1-c1ccc(I)cc1. The molecule has 0 radical (unpaired) electrons. The second kappa shape index (κ2) is 5.40. The van der Waals surface area contributed by atoms with Gasteiger partial charge in [-0.25, -0.2) is 4.98 Å². The summed E-state index contributed by atoms with van der Waals surface area (Å²) in [7, 11) is 0. The van der Waals surface area contributed by atoms with Gasteiger partial charge < -0.3 is 9.73 Å². The molecule has 0 fully saturated rings. The van der Waals surface area contributed by atoms with Crippen LogP contribution in [0.25, 0.3) is 11.3 Å². The van der Waals surface area contributed by atoms with Gasteiger partial charge >= 0.3 is 0 Å².